The SMILES string of the molecule is CCn1cc(CN2CCCC(C)(O)CC2)cn1. The van der Waals surface area contributed by atoms with Crippen LogP contribution in [0.3, 0.4) is 0 Å². The first kappa shape index (κ1) is 12.6. The van der Waals surface area contributed by atoms with E-state index in [9.17, 15) is 5.11 Å². The van der Waals surface area contributed by atoms with E-state index in [4.69, 9.17) is 0 Å². The molecule has 0 amide bonds. The van der Waals surface area contributed by atoms with Crippen LogP contribution in [0.4, 0.5) is 0 Å². The van der Waals surface area contributed by atoms with Crippen molar-refractivity contribution in [1.29, 1.82) is 0 Å². The Bertz CT molecular complexity index is 359. The Morgan fingerprint density at radius 3 is 2.94 bits per heavy atom. The quantitative estimate of drug-likeness (QED) is 0.869. The van der Waals surface area contributed by atoms with E-state index < -0.39 is 5.60 Å². The summed E-state index contributed by atoms with van der Waals surface area (Å²) in [6, 6.07) is 0. The average molecular weight is 237 g/mol. The van der Waals surface area contributed by atoms with Crippen LogP contribution < -0.4 is 0 Å². The molecule has 1 aliphatic heterocycles. The summed E-state index contributed by atoms with van der Waals surface area (Å²) >= 11 is 0. The van der Waals surface area contributed by atoms with Crippen LogP contribution in [-0.2, 0) is 13.1 Å². The van der Waals surface area contributed by atoms with E-state index in [2.05, 4.69) is 23.1 Å². The predicted molar refractivity (Wildman–Crippen MR) is 67.7 cm³/mol. The van der Waals surface area contributed by atoms with Gasteiger partial charge in [0, 0.05) is 31.4 Å². The molecule has 1 aromatic heterocycles. The lowest BCUT2D eigenvalue weighted by Gasteiger charge is -2.21. The first-order valence-corrected chi connectivity index (χ1v) is 6.55. The van der Waals surface area contributed by atoms with Gasteiger partial charge >= 0.3 is 0 Å². The number of nitrogens with zero attached hydrogens (tertiary/aromatic N) is 3. The second-order valence-electron chi connectivity index (χ2n) is 5.33. The third kappa shape index (κ3) is 3.54. The molecule has 2 rings (SSSR count). The third-order valence-corrected chi connectivity index (χ3v) is 3.57. The monoisotopic (exact) mass is 237 g/mol. The molecule has 1 fully saturated rings. The summed E-state index contributed by atoms with van der Waals surface area (Å²) in [5.74, 6) is 0. The van der Waals surface area contributed by atoms with Crippen molar-refractivity contribution in [3.8, 4) is 0 Å². The van der Waals surface area contributed by atoms with Gasteiger partial charge in [-0.25, -0.2) is 0 Å². The number of aryl methyl sites for hydroxylation is 1. The van der Waals surface area contributed by atoms with Gasteiger partial charge in [0.1, 0.15) is 0 Å². The minimum atomic E-state index is -0.470. The van der Waals surface area contributed by atoms with Gasteiger partial charge < -0.3 is 5.11 Å². The molecule has 1 N–H and O–H groups in total. The fraction of sp³-hybridized carbons (Fsp3) is 0.769. The molecule has 96 valence electrons. The van der Waals surface area contributed by atoms with Crippen molar-refractivity contribution in [1.82, 2.24) is 14.7 Å². The zero-order valence-electron chi connectivity index (χ0n) is 10.9. The van der Waals surface area contributed by atoms with Gasteiger partial charge in [0.2, 0.25) is 0 Å². The fourth-order valence-electron chi connectivity index (χ4n) is 2.40. The second kappa shape index (κ2) is 5.19. The first-order valence-electron chi connectivity index (χ1n) is 6.55. The summed E-state index contributed by atoms with van der Waals surface area (Å²) < 4.78 is 1.96. The number of likely N-dealkylation sites (tertiary alicyclic amines) is 1. The van der Waals surface area contributed by atoms with Crippen LogP contribution in [0.1, 0.15) is 38.7 Å². The topological polar surface area (TPSA) is 41.3 Å². The minimum absolute atomic E-state index is 0.470. The van der Waals surface area contributed by atoms with Crippen molar-refractivity contribution in [3.05, 3.63) is 18.0 Å². The van der Waals surface area contributed by atoms with Crippen molar-refractivity contribution in [2.24, 2.45) is 0 Å². The zero-order valence-corrected chi connectivity index (χ0v) is 10.9. The molecular formula is C13H23N3O. The molecule has 0 aromatic carbocycles. The molecule has 1 saturated heterocycles. The maximum absolute atomic E-state index is 10.0. The van der Waals surface area contributed by atoms with E-state index in [1.54, 1.807) is 0 Å². The molecule has 1 aromatic rings. The summed E-state index contributed by atoms with van der Waals surface area (Å²) in [6.07, 6.45) is 6.93. The molecule has 4 nitrogen and oxygen atoms in total. The van der Waals surface area contributed by atoms with Gasteiger partial charge in [0.05, 0.1) is 11.8 Å². The summed E-state index contributed by atoms with van der Waals surface area (Å²) in [7, 11) is 0. The van der Waals surface area contributed by atoms with E-state index in [1.165, 1.54) is 5.56 Å². The molecule has 0 radical (unpaired) electrons. The molecule has 4 heteroatoms. The predicted octanol–water partition coefficient (Wildman–Crippen LogP) is 1.64. The van der Waals surface area contributed by atoms with Crippen molar-refractivity contribution in [2.75, 3.05) is 13.1 Å². The van der Waals surface area contributed by atoms with Crippen molar-refractivity contribution >= 4 is 0 Å². The average Bonchev–Trinajstić information content (AvgIpc) is 2.66. The summed E-state index contributed by atoms with van der Waals surface area (Å²) in [4.78, 5) is 2.42. The standard InChI is InChI=1S/C13H23N3O/c1-3-16-11-12(9-14-16)10-15-7-4-5-13(2,17)6-8-15/h9,11,17H,3-8,10H2,1-2H3. The normalized spacial score (nSPS) is 27.0. The van der Waals surface area contributed by atoms with Gasteiger partial charge in [0.25, 0.3) is 0 Å². The molecule has 1 aliphatic rings. The van der Waals surface area contributed by atoms with Crippen molar-refractivity contribution in [2.45, 2.75) is 51.8 Å². The Hall–Kier alpha value is -0.870. The van der Waals surface area contributed by atoms with Crippen LogP contribution in [0.15, 0.2) is 12.4 Å². The molecule has 0 spiro atoms. The number of hydrogen-bond acceptors (Lipinski definition) is 3. The van der Waals surface area contributed by atoms with Crippen LogP contribution >= 0.6 is 0 Å². The summed E-state index contributed by atoms with van der Waals surface area (Å²) in [5.41, 5.74) is 0.802. The number of aliphatic hydroxyl groups is 1. The number of aromatic nitrogens is 2. The van der Waals surface area contributed by atoms with Gasteiger partial charge in [0.15, 0.2) is 0 Å². The Morgan fingerprint density at radius 2 is 2.24 bits per heavy atom. The number of hydrogen-bond donors (Lipinski definition) is 1. The Labute approximate surface area is 103 Å². The molecule has 17 heavy (non-hydrogen) atoms. The molecule has 1 unspecified atom stereocenters. The molecule has 1 atom stereocenters. The largest absolute Gasteiger partial charge is 0.390 e. The van der Waals surface area contributed by atoms with Crippen molar-refractivity contribution in [3.63, 3.8) is 0 Å². The van der Waals surface area contributed by atoms with Crippen molar-refractivity contribution < 1.29 is 5.11 Å². The summed E-state index contributed by atoms with van der Waals surface area (Å²) in [5, 5.41) is 14.3. The van der Waals surface area contributed by atoms with Crippen LogP contribution in [0.2, 0.25) is 0 Å². The Balaban J connectivity index is 1.90. The highest BCUT2D eigenvalue weighted by atomic mass is 16.3. The zero-order chi connectivity index (χ0) is 12.3. The van der Waals surface area contributed by atoms with E-state index in [1.807, 2.05) is 17.8 Å². The van der Waals surface area contributed by atoms with E-state index in [-0.39, 0.29) is 0 Å². The van der Waals surface area contributed by atoms with Gasteiger partial charge in [-0.3, -0.25) is 9.58 Å². The Morgan fingerprint density at radius 1 is 1.41 bits per heavy atom. The first-order chi connectivity index (χ1) is 8.09. The van der Waals surface area contributed by atoms with E-state index >= 15 is 0 Å². The smallest absolute Gasteiger partial charge is 0.0632 e. The third-order valence-electron chi connectivity index (χ3n) is 3.57. The Kier molecular flexibility index (Phi) is 3.84. The number of rotatable bonds is 3. The lowest BCUT2D eigenvalue weighted by molar-refractivity contribution is 0.0444. The van der Waals surface area contributed by atoms with Crippen LogP contribution in [0.5, 0.6) is 0 Å². The van der Waals surface area contributed by atoms with Gasteiger partial charge in [-0.2, -0.15) is 5.10 Å². The second-order valence-corrected chi connectivity index (χ2v) is 5.33. The highest BCUT2D eigenvalue weighted by Gasteiger charge is 2.24. The maximum atomic E-state index is 10.0. The minimum Gasteiger partial charge on any atom is -0.390 e. The molecule has 2 heterocycles. The molecule has 0 bridgehead atoms. The highest BCUT2D eigenvalue weighted by molar-refractivity contribution is 5.03. The fourth-order valence-corrected chi connectivity index (χ4v) is 2.40. The van der Waals surface area contributed by atoms with E-state index in [0.717, 1.165) is 45.4 Å². The van der Waals surface area contributed by atoms with Crippen LogP contribution in [0, 0.1) is 0 Å². The van der Waals surface area contributed by atoms with Gasteiger partial charge in [-0.05, 0) is 39.7 Å². The summed E-state index contributed by atoms with van der Waals surface area (Å²) in [6.45, 7) is 7.98. The maximum Gasteiger partial charge on any atom is 0.0632 e. The van der Waals surface area contributed by atoms with Crippen LogP contribution in [-0.4, -0.2) is 38.5 Å². The van der Waals surface area contributed by atoms with Gasteiger partial charge in [-0.15, -0.1) is 0 Å². The van der Waals surface area contributed by atoms with Gasteiger partial charge in [-0.1, -0.05) is 0 Å². The molecule has 0 saturated carbocycles. The molecule has 0 aliphatic carbocycles. The van der Waals surface area contributed by atoms with Crippen LogP contribution in [0.25, 0.3) is 0 Å². The highest BCUT2D eigenvalue weighted by Crippen LogP contribution is 2.22. The lowest BCUT2D eigenvalue weighted by atomic mass is 9.98. The molecular weight excluding hydrogens is 214 g/mol. The van der Waals surface area contributed by atoms with E-state index in [0.29, 0.717) is 0 Å². The lowest BCUT2D eigenvalue weighted by Crippen LogP contribution is -2.28.